The molecule has 1 aliphatic carbocycles. The number of amides is 1. The molecule has 5 rings (SSSR count). The lowest BCUT2D eigenvalue weighted by Gasteiger charge is -2.31. The maximum Gasteiger partial charge on any atom is 0.243 e. The molecule has 10 heteroatoms. The van der Waals surface area contributed by atoms with Crippen LogP contribution in [0.2, 0.25) is 0 Å². The molecule has 2 heterocycles. The molecule has 3 aromatic rings. The molecule has 0 bridgehead atoms. The number of rotatable bonds is 8. The summed E-state index contributed by atoms with van der Waals surface area (Å²) in [6.45, 7) is 0. The first-order valence-corrected chi connectivity index (χ1v) is 15.5. The Morgan fingerprint density at radius 2 is 1.72 bits per heavy atom. The van der Waals surface area contributed by atoms with Crippen LogP contribution in [-0.2, 0) is 19.4 Å². The number of benzene rings is 2. The van der Waals surface area contributed by atoms with Crippen LogP contribution in [0.1, 0.15) is 74.9 Å². The van der Waals surface area contributed by atoms with Gasteiger partial charge in [-0.3, -0.25) is 4.79 Å². The summed E-state index contributed by atoms with van der Waals surface area (Å²) in [5.41, 5.74) is 1.31. The third-order valence-corrected chi connectivity index (χ3v) is 9.84. The molecule has 2 unspecified atom stereocenters. The van der Waals surface area contributed by atoms with Crippen molar-refractivity contribution in [1.82, 2.24) is 14.9 Å². The Bertz CT molecular complexity index is 1410. The molecule has 210 valence electrons. The fourth-order valence-corrected chi connectivity index (χ4v) is 7.59. The van der Waals surface area contributed by atoms with Crippen molar-refractivity contribution in [1.29, 1.82) is 0 Å². The van der Waals surface area contributed by atoms with E-state index in [2.05, 4.69) is 10.3 Å². The minimum Gasteiger partial charge on any atom is -0.369 e. The standard InChI is InChI=1S/C29H35F2N3O4S/c1-38-27(20-8-4-2-5-9-20)28-33-24-17-22(30)23(31)18-25(24)34(28)26(16-19-12-14-39(36,37)15-13-19)29(35)32-21-10-6-3-7-11-21/h2,4-5,8-9,17-19,21,26-27H,3,6-7,10-16H2,1H3,(H,32,35). The van der Waals surface area contributed by atoms with E-state index in [4.69, 9.17) is 4.74 Å². The normalized spacial score (nSPS) is 20.1. The van der Waals surface area contributed by atoms with Gasteiger partial charge in [-0.15, -0.1) is 0 Å². The summed E-state index contributed by atoms with van der Waals surface area (Å²) in [5.74, 6) is -1.76. The second-order valence-corrected chi connectivity index (χ2v) is 13.1. The lowest BCUT2D eigenvalue weighted by Crippen LogP contribution is -2.42. The SMILES string of the molecule is COC(c1ccccc1)c1nc2cc(F)c(F)cc2n1C(CC1CCS(=O)(=O)CC1)C(=O)NC1CCCCC1. The minimum atomic E-state index is -3.09. The van der Waals surface area contributed by atoms with Gasteiger partial charge >= 0.3 is 0 Å². The van der Waals surface area contributed by atoms with Crippen LogP contribution in [0, 0.1) is 17.6 Å². The molecule has 1 amide bonds. The predicted octanol–water partition coefficient (Wildman–Crippen LogP) is 5.26. The summed E-state index contributed by atoms with van der Waals surface area (Å²) in [6.07, 6.45) is 5.57. The van der Waals surface area contributed by atoms with Crippen molar-refractivity contribution in [2.24, 2.45) is 5.92 Å². The smallest absolute Gasteiger partial charge is 0.243 e. The van der Waals surface area contributed by atoms with Gasteiger partial charge in [0.1, 0.15) is 27.8 Å². The van der Waals surface area contributed by atoms with Crippen molar-refractivity contribution >= 4 is 26.8 Å². The Kier molecular flexibility index (Phi) is 8.32. The average molecular weight is 560 g/mol. The Labute approximate surface area is 227 Å². The van der Waals surface area contributed by atoms with Crippen LogP contribution in [0.25, 0.3) is 11.0 Å². The van der Waals surface area contributed by atoms with Gasteiger partial charge in [-0.25, -0.2) is 22.2 Å². The maximum absolute atomic E-state index is 14.6. The third kappa shape index (κ3) is 6.17. The number of aromatic nitrogens is 2. The predicted molar refractivity (Wildman–Crippen MR) is 145 cm³/mol. The Morgan fingerprint density at radius 1 is 1.05 bits per heavy atom. The van der Waals surface area contributed by atoms with Crippen molar-refractivity contribution in [2.75, 3.05) is 18.6 Å². The molecule has 1 aromatic heterocycles. The van der Waals surface area contributed by atoms with Crippen molar-refractivity contribution in [3.05, 3.63) is 65.5 Å². The van der Waals surface area contributed by atoms with Crippen LogP contribution >= 0.6 is 0 Å². The number of hydrogen-bond donors (Lipinski definition) is 1. The summed E-state index contributed by atoms with van der Waals surface area (Å²) < 4.78 is 60.7. The van der Waals surface area contributed by atoms with Crippen LogP contribution in [0.4, 0.5) is 8.78 Å². The molecular weight excluding hydrogens is 524 g/mol. The molecule has 1 saturated carbocycles. The van der Waals surface area contributed by atoms with E-state index in [-0.39, 0.29) is 34.9 Å². The summed E-state index contributed by atoms with van der Waals surface area (Å²) in [4.78, 5) is 18.7. The number of carbonyl (C=O) groups is 1. The van der Waals surface area contributed by atoms with Gasteiger partial charge < -0.3 is 14.6 Å². The first-order chi connectivity index (χ1) is 18.8. The highest BCUT2D eigenvalue weighted by Gasteiger charge is 2.35. The van der Waals surface area contributed by atoms with E-state index in [1.807, 2.05) is 30.3 Å². The zero-order chi connectivity index (χ0) is 27.6. The summed E-state index contributed by atoms with van der Waals surface area (Å²) >= 11 is 0. The first kappa shape index (κ1) is 27.7. The van der Waals surface area contributed by atoms with Crippen LogP contribution in [0.3, 0.4) is 0 Å². The van der Waals surface area contributed by atoms with Crippen molar-refractivity contribution in [3.63, 3.8) is 0 Å². The quantitative estimate of drug-likeness (QED) is 0.407. The van der Waals surface area contributed by atoms with Gasteiger partial charge in [0, 0.05) is 25.3 Å². The zero-order valence-corrected chi connectivity index (χ0v) is 22.9. The van der Waals surface area contributed by atoms with Gasteiger partial charge in [-0.1, -0.05) is 49.6 Å². The van der Waals surface area contributed by atoms with Crippen molar-refractivity contribution in [3.8, 4) is 0 Å². The number of carbonyl (C=O) groups excluding carboxylic acids is 1. The summed E-state index contributed by atoms with van der Waals surface area (Å²) in [6, 6.07) is 10.7. The van der Waals surface area contributed by atoms with Crippen molar-refractivity contribution < 1.29 is 26.7 Å². The van der Waals surface area contributed by atoms with E-state index in [9.17, 15) is 22.0 Å². The van der Waals surface area contributed by atoms with E-state index in [1.54, 1.807) is 4.57 Å². The number of methoxy groups -OCH3 is 1. The Hall–Kier alpha value is -2.85. The van der Waals surface area contributed by atoms with E-state index < -0.39 is 33.6 Å². The van der Waals surface area contributed by atoms with E-state index in [1.165, 1.54) is 7.11 Å². The number of sulfone groups is 1. The number of ether oxygens (including phenoxy) is 1. The highest BCUT2D eigenvalue weighted by atomic mass is 32.2. The molecule has 0 radical (unpaired) electrons. The van der Waals surface area contributed by atoms with Crippen LogP contribution in [-0.4, -0.2) is 48.5 Å². The number of nitrogens with zero attached hydrogens (tertiary/aromatic N) is 2. The second kappa shape index (κ2) is 11.7. The summed E-state index contributed by atoms with van der Waals surface area (Å²) in [5, 5.41) is 3.21. The van der Waals surface area contributed by atoms with Crippen LogP contribution in [0.5, 0.6) is 0 Å². The molecule has 2 fully saturated rings. The molecule has 1 aliphatic heterocycles. The minimum absolute atomic E-state index is 0.0241. The average Bonchev–Trinajstić information content (AvgIpc) is 3.27. The monoisotopic (exact) mass is 559 g/mol. The van der Waals surface area contributed by atoms with Crippen LogP contribution < -0.4 is 5.32 Å². The number of fused-ring (bicyclic) bond motifs is 1. The highest BCUT2D eigenvalue weighted by molar-refractivity contribution is 7.91. The maximum atomic E-state index is 14.6. The molecule has 1 N–H and O–H groups in total. The van der Waals surface area contributed by atoms with Gasteiger partial charge in [-0.05, 0) is 43.6 Å². The lowest BCUT2D eigenvalue weighted by molar-refractivity contribution is -0.125. The van der Waals surface area contributed by atoms with E-state index in [0.717, 1.165) is 49.8 Å². The molecule has 39 heavy (non-hydrogen) atoms. The number of hydrogen-bond acceptors (Lipinski definition) is 5. The molecule has 2 aliphatic rings. The van der Waals surface area contributed by atoms with Gasteiger partial charge in [0.2, 0.25) is 5.91 Å². The topological polar surface area (TPSA) is 90.3 Å². The van der Waals surface area contributed by atoms with Crippen molar-refractivity contribution in [2.45, 2.75) is 69.6 Å². The number of imidazole rings is 1. The molecule has 2 atom stereocenters. The molecule has 2 aromatic carbocycles. The molecular formula is C29H35F2N3O4S. The zero-order valence-electron chi connectivity index (χ0n) is 22.1. The highest BCUT2D eigenvalue weighted by Crippen LogP contribution is 2.36. The number of nitrogens with one attached hydrogen (secondary N) is 1. The fourth-order valence-electron chi connectivity index (χ4n) is 6.00. The first-order valence-electron chi connectivity index (χ1n) is 13.7. The molecule has 0 spiro atoms. The van der Waals surface area contributed by atoms with Crippen LogP contribution in [0.15, 0.2) is 42.5 Å². The van der Waals surface area contributed by atoms with E-state index >= 15 is 0 Å². The Morgan fingerprint density at radius 3 is 2.38 bits per heavy atom. The van der Waals surface area contributed by atoms with Gasteiger partial charge in [0.15, 0.2) is 11.6 Å². The van der Waals surface area contributed by atoms with Gasteiger partial charge in [-0.2, -0.15) is 0 Å². The largest absolute Gasteiger partial charge is 0.369 e. The lowest BCUT2D eigenvalue weighted by atomic mass is 9.92. The Balaban J connectivity index is 1.62. The van der Waals surface area contributed by atoms with E-state index in [0.29, 0.717) is 30.6 Å². The summed E-state index contributed by atoms with van der Waals surface area (Å²) in [7, 11) is -1.55. The second-order valence-electron chi connectivity index (χ2n) is 10.8. The van der Waals surface area contributed by atoms with Gasteiger partial charge in [0.25, 0.3) is 0 Å². The molecule has 1 saturated heterocycles. The number of halogens is 2. The molecule has 7 nitrogen and oxygen atoms in total. The fraction of sp³-hybridized carbons (Fsp3) is 0.517. The third-order valence-electron chi connectivity index (χ3n) is 8.13. The van der Waals surface area contributed by atoms with Gasteiger partial charge in [0.05, 0.1) is 22.5 Å².